The normalized spacial score (nSPS) is 12.4. The molecule has 1 atom stereocenters. The van der Waals surface area contributed by atoms with Gasteiger partial charge in [-0.2, -0.15) is 0 Å². The maximum absolute atomic E-state index is 8.56. The molecule has 1 radical (unpaired) electrons. The molecule has 5 heavy (non-hydrogen) atoms. The molecule has 0 aromatic heterocycles. The Bertz CT molecular complexity index is 33.8. The Balaban J connectivity index is -0.0000000450. The molecule has 27 valence electrons. The van der Waals surface area contributed by atoms with Gasteiger partial charge in [-0.25, -0.2) is 4.21 Å². The maximum atomic E-state index is 8.56. The van der Waals surface area contributed by atoms with Gasteiger partial charge in [0.2, 0.25) is 0 Å². The summed E-state index contributed by atoms with van der Waals surface area (Å²) in [4.78, 5) is 0. The number of hydrogen-bond acceptors (Lipinski definition) is 2. The van der Waals surface area contributed by atoms with Crippen molar-refractivity contribution >= 4 is 11.4 Å². The Kier molecular flexibility index (Phi) is 9.55. The van der Waals surface area contributed by atoms with Gasteiger partial charge < -0.3 is 9.11 Å². The van der Waals surface area contributed by atoms with Gasteiger partial charge in [0.15, 0.2) is 0 Å². The van der Waals surface area contributed by atoms with Crippen LogP contribution in [0.4, 0.5) is 0 Å². The Morgan fingerprint density at radius 1 is 2.00 bits per heavy atom. The zero-order chi connectivity index (χ0) is 3.58. The average Bonchev–Trinajstić information content (AvgIpc) is 0.811. The maximum Gasteiger partial charge on any atom is 1.00 e. The molecular weight excluding hydrogens is 103 g/mol. The molecule has 0 fully saturated rings. The van der Waals surface area contributed by atoms with Crippen molar-refractivity contribution in [3.05, 3.63) is 0 Å². The molecule has 0 spiro atoms. The molecule has 1 N–H and O–H groups in total. The van der Waals surface area contributed by atoms with Crippen LogP contribution in [0.15, 0.2) is 0 Å². The van der Waals surface area contributed by atoms with Gasteiger partial charge in [0.05, 0.1) is 11.4 Å². The van der Waals surface area contributed by atoms with Crippen molar-refractivity contribution < 1.29 is 44.3 Å². The van der Waals surface area contributed by atoms with E-state index in [1.807, 2.05) is 0 Å². The van der Waals surface area contributed by atoms with Crippen LogP contribution in [-0.2, 0) is 11.4 Å². The van der Waals surface area contributed by atoms with Crippen LogP contribution in [-0.4, -0.2) is 13.3 Å². The fourth-order valence-corrected chi connectivity index (χ4v) is 0. The van der Waals surface area contributed by atoms with Gasteiger partial charge in [-0.15, -0.1) is 0 Å². The number of hydrogen-bond donors (Lipinski definition) is 1. The van der Waals surface area contributed by atoms with Gasteiger partial charge in [0.25, 0.3) is 0 Å². The van der Waals surface area contributed by atoms with E-state index in [9.17, 15) is 0 Å². The fraction of sp³-hybridized carbons (Fsp3) is 0. The Hall–Kier alpha value is 1.07. The van der Waals surface area contributed by atoms with Crippen LogP contribution < -0.4 is 29.6 Å². The summed E-state index contributed by atoms with van der Waals surface area (Å²) in [5.41, 5.74) is 0. The first-order chi connectivity index (χ1) is 1.73. The van der Waals surface area contributed by atoms with Gasteiger partial charge in [-0.3, -0.25) is 0 Å². The average molecular weight is 105 g/mol. The summed E-state index contributed by atoms with van der Waals surface area (Å²) in [6.45, 7) is 0. The van der Waals surface area contributed by atoms with E-state index in [0.717, 1.165) is 0 Å². The summed E-state index contributed by atoms with van der Waals surface area (Å²) in [6.07, 6.45) is 0. The van der Waals surface area contributed by atoms with E-state index in [0.29, 0.717) is 0 Å². The predicted octanol–water partition coefficient (Wildman–Crippen LogP) is -3.54. The minimum atomic E-state index is -2.86. The minimum absolute atomic E-state index is 0. The van der Waals surface area contributed by atoms with Crippen molar-refractivity contribution in [2.24, 2.45) is 0 Å². The molecule has 0 aliphatic carbocycles. The second kappa shape index (κ2) is 5.07. The van der Waals surface area contributed by atoms with E-state index < -0.39 is 11.4 Å². The summed E-state index contributed by atoms with van der Waals surface area (Å²) < 4.78 is 24.1. The SMILES string of the molecule is O=S([O-])O.[H].[Na+]. The molecule has 0 aromatic carbocycles. The largest absolute Gasteiger partial charge is 1.00 e. The first kappa shape index (κ1) is 9.42. The molecule has 5 heteroatoms. The molecule has 3 nitrogen and oxygen atoms in total. The molecule has 0 rings (SSSR count). The second-order valence-corrected chi connectivity index (χ2v) is 0.651. The van der Waals surface area contributed by atoms with Crippen LogP contribution in [0.3, 0.4) is 0 Å². The molecule has 0 aliphatic rings. The first-order valence-corrected chi connectivity index (χ1v) is 1.55. The smallest absolute Gasteiger partial charge is 0.750 e. The van der Waals surface area contributed by atoms with Gasteiger partial charge >= 0.3 is 29.6 Å². The summed E-state index contributed by atoms with van der Waals surface area (Å²) in [7, 11) is 0. The number of rotatable bonds is 0. The van der Waals surface area contributed by atoms with Crippen molar-refractivity contribution in [3.63, 3.8) is 0 Å². The molecule has 0 saturated carbocycles. The minimum Gasteiger partial charge on any atom is -0.750 e. The third kappa shape index (κ3) is 41.7. The quantitative estimate of drug-likeness (QED) is 0.256. The van der Waals surface area contributed by atoms with E-state index in [1.54, 1.807) is 0 Å². The summed E-state index contributed by atoms with van der Waals surface area (Å²) >= 11 is -2.86. The molecule has 0 aromatic rings. The zero-order valence-electron chi connectivity index (χ0n) is 3.67. The Labute approximate surface area is 55.7 Å². The fourth-order valence-electron chi connectivity index (χ4n) is 0. The molecule has 0 bridgehead atoms. The van der Waals surface area contributed by atoms with E-state index in [-0.39, 0.29) is 31.0 Å². The molecular formula is H2NaO3S. The summed E-state index contributed by atoms with van der Waals surface area (Å²) in [5.74, 6) is 0. The van der Waals surface area contributed by atoms with Crippen LogP contribution in [0.1, 0.15) is 1.43 Å². The summed E-state index contributed by atoms with van der Waals surface area (Å²) in [6, 6.07) is 0. The molecule has 0 heterocycles. The topological polar surface area (TPSA) is 60.4 Å². The van der Waals surface area contributed by atoms with Gasteiger partial charge in [0, 0.05) is 1.43 Å². The molecule has 0 saturated heterocycles. The van der Waals surface area contributed by atoms with Crippen LogP contribution in [0.2, 0.25) is 0 Å². The third-order valence-electron chi connectivity index (χ3n) is 0. The molecule has 0 amide bonds. The predicted molar refractivity (Wildman–Crippen MR) is 12.7 cm³/mol. The van der Waals surface area contributed by atoms with Crippen molar-refractivity contribution in [2.45, 2.75) is 0 Å². The standard InChI is InChI=1S/Na.H2O3S.H/c;1-4(2)3;/h;(H2,1,2,3);/q+1;;/p-1. The Morgan fingerprint density at radius 2 is 2.00 bits per heavy atom. The Morgan fingerprint density at radius 3 is 2.00 bits per heavy atom. The van der Waals surface area contributed by atoms with Crippen LogP contribution in [0, 0.1) is 0 Å². The molecule has 1 unspecified atom stereocenters. The van der Waals surface area contributed by atoms with Crippen molar-refractivity contribution in [3.8, 4) is 0 Å². The van der Waals surface area contributed by atoms with Crippen molar-refractivity contribution in [1.82, 2.24) is 0 Å². The van der Waals surface area contributed by atoms with Gasteiger partial charge in [-0.05, 0) is 0 Å². The van der Waals surface area contributed by atoms with E-state index in [1.165, 1.54) is 0 Å². The first-order valence-electron chi connectivity index (χ1n) is 0.516. The zero-order valence-corrected chi connectivity index (χ0v) is 5.49. The van der Waals surface area contributed by atoms with Crippen LogP contribution >= 0.6 is 0 Å². The van der Waals surface area contributed by atoms with Gasteiger partial charge in [0.1, 0.15) is 0 Å². The van der Waals surface area contributed by atoms with Crippen LogP contribution in [0.25, 0.3) is 0 Å². The second-order valence-electron chi connectivity index (χ2n) is 0.217. The van der Waals surface area contributed by atoms with Gasteiger partial charge in [-0.1, -0.05) is 0 Å². The van der Waals surface area contributed by atoms with E-state index in [2.05, 4.69) is 0 Å². The third-order valence-corrected chi connectivity index (χ3v) is 0. The van der Waals surface area contributed by atoms with Crippen molar-refractivity contribution in [1.29, 1.82) is 0 Å². The van der Waals surface area contributed by atoms with Crippen molar-refractivity contribution in [2.75, 3.05) is 0 Å². The molecule has 0 aliphatic heterocycles. The van der Waals surface area contributed by atoms with E-state index >= 15 is 0 Å². The monoisotopic (exact) mass is 105 g/mol. The summed E-state index contributed by atoms with van der Waals surface area (Å²) in [5, 5.41) is 0. The van der Waals surface area contributed by atoms with Crippen LogP contribution in [0.5, 0.6) is 0 Å². The van der Waals surface area contributed by atoms with E-state index in [4.69, 9.17) is 13.3 Å².